The lowest BCUT2D eigenvalue weighted by molar-refractivity contribution is -0.147. The summed E-state index contributed by atoms with van der Waals surface area (Å²) in [5, 5.41) is 0.239. The number of aryl methyl sites for hydroxylation is 1. The molecule has 0 aromatic heterocycles. The summed E-state index contributed by atoms with van der Waals surface area (Å²) in [5.41, 5.74) is 2.19. The van der Waals surface area contributed by atoms with Gasteiger partial charge in [-0.15, -0.1) is 0 Å². The lowest BCUT2D eigenvalue weighted by atomic mass is 10.1. The van der Waals surface area contributed by atoms with Gasteiger partial charge in [-0.05, 0) is 30.7 Å². The maximum Gasteiger partial charge on any atom is 0.331 e. The second-order valence-corrected chi connectivity index (χ2v) is 6.21. The van der Waals surface area contributed by atoms with E-state index in [1.807, 2.05) is 31.2 Å². The molecule has 0 unspecified atom stereocenters. The molecule has 0 saturated heterocycles. The predicted octanol–water partition coefficient (Wildman–Crippen LogP) is 4.00. The van der Waals surface area contributed by atoms with Crippen LogP contribution in [0.2, 0.25) is 5.02 Å². The molecule has 0 N–H and O–H groups in total. The van der Waals surface area contributed by atoms with Gasteiger partial charge in [-0.1, -0.05) is 47.5 Å². The fourth-order valence-electron chi connectivity index (χ4n) is 2.14. The summed E-state index contributed by atoms with van der Waals surface area (Å²) in [5.74, 6) is -1.58. The van der Waals surface area contributed by atoms with Crippen LogP contribution in [0.5, 0.6) is 0 Å². The van der Waals surface area contributed by atoms with Crippen molar-refractivity contribution in [1.82, 2.24) is 4.90 Å². The van der Waals surface area contributed by atoms with E-state index in [4.69, 9.17) is 16.3 Å². The van der Waals surface area contributed by atoms with E-state index in [0.717, 1.165) is 11.1 Å². The van der Waals surface area contributed by atoms with Crippen LogP contribution in [0.25, 0.3) is 6.08 Å². The van der Waals surface area contributed by atoms with E-state index in [-0.39, 0.29) is 17.1 Å². The molecule has 0 heterocycles. The van der Waals surface area contributed by atoms with Crippen molar-refractivity contribution in [1.29, 1.82) is 0 Å². The number of nitrogens with zero attached hydrogens (tertiary/aromatic N) is 1. The summed E-state index contributed by atoms with van der Waals surface area (Å²) in [6.45, 7) is 1.53. The van der Waals surface area contributed by atoms with Crippen LogP contribution in [0.1, 0.15) is 16.7 Å². The minimum Gasteiger partial charge on any atom is -0.452 e. The summed E-state index contributed by atoms with van der Waals surface area (Å²) in [6.07, 6.45) is 2.86. The van der Waals surface area contributed by atoms with Gasteiger partial charge < -0.3 is 9.64 Å². The first-order chi connectivity index (χ1) is 12.4. The van der Waals surface area contributed by atoms with Crippen LogP contribution in [0.15, 0.2) is 48.5 Å². The zero-order chi connectivity index (χ0) is 19.1. The first kappa shape index (κ1) is 19.7. The number of hydrogen-bond donors (Lipinski definition) is 0. The van der Waals surface area contributed by atoms with E-state index in [2.05, 4.69) is 0 Å². The third-order valence-electron chi connectivity index (χ3n) is 3.71. The lowest BCUT2D eigenvalue weighted by Crippen LogP contribution is -2.31. The minimum atomic E-state index is -0.628. The molecule has 0 radical (unpaired) electrons. The Morgan fingerprint density at radius 3 is 2.54 bits per heavy atom. The molecule has 0 aliphatic heterocycles. The summed E-state index contributed by atoms with van der Waals surface area (Å²) in [6, 6.07) is 11.9. The number of benzene rings is 2. The molecule has 2 aromatic carbocycles. The molecule has 2 aromatic rings. The van der Waals surface area contributed by atoms with Crippen LogP contribution >= 0.6 is 11.6 Å². The second kappa shape index (κ2) is 9.15. The molecule has 6 heteroatoms. The monoisotopic (exact) mass is 375 g/mol. The first-order valence-corrected chi connectivity index (χ1v) is 8.33. The number of carbonyl (C=O) groups is 2. The van der Waals surface area contributed by atoms with Crippen molar-refractivity contribution in [3.05, 3.63) is 76.1 Å². The number of rotatable bonds is 6. The van der Waals surface area contributed by atoms with Crippen molar-refractivity contribution >= 4 is 29.6 Å². The number of halogens is 2. The van der Waals surface area contributed by atoms with E-state index in [9.17, 15) is 14.0 Å². The van der Waals surface area contributed by atoms with Crippen molar-refractivity contribution < 1.29 is 18.7 Å². The van der Waals surface area contributed by atoms with Gasteiger partial charge in [0.05, 0.1) is 0 Å². The third kappa shape index (κ3) is 5.70. The highest BCUT2D eigenvalue weighted by Crippen LogP contribution is 2.20. The molecular weight excluding hydrogens is 357 g/mol. The normalized spacial score (nSPS) is 10.8. The Morgan fingerprint density at radius 2 is 1.88 bits per heavy atom. The van der Waals surface area contributed by atoms with E-state index in [0.29, 0.717) is 0 Å². The summed E-state index contributed by atoms with van der Waals surface area (Å²) >= 11 is 5.94. The van der Waals surface area contributed by atoms with Gasteiger partial charge in [0.1, 0.15) is 5.82 Å². The Hall–Kier alpha value is -2.66. The number of ether oxygens (including phenoxy) is 1. The maximum absolute atomic E-state index is 13.8. The van der Waals surface area contributed by atoms with Crippen LogP contribution < -0.4 is 0 Å². The van der Waals surface area contributed by atoms with Crippen molar-refractivity contribution in [3.63, 3.8) is 0 Å². The fraction of sp³-hybridized carbons (Fsp3) is 0.200. The molecule has 26 heavy (non-hydrogen) atoms. The zero-order valence-corrected chi connectivity index (χ0v) is 15.3. The predicted molar refractivity (Wildman–Crippen MR) is 99.1 cm³/mol. The summed E-state index contributed by atoms with van der Waals surface area (Å²) in [4.78, 5) is 25.0. The second-order valence-electron chi connectivity index (χ2n) is 5.80. The van der Waals surface area contributed by atoms with Crippen molar-refractivity contribution in [2.24, 2.45) is 0 Å². The number of esters is 1. The SMILES string of the molecule is Cc1ccc(/C=C/C(=O)OCC(=O)N(C)Cc2c(F)cccc2Cl)cc1. The van der Waals surface area contributed by atoms with E-state index in [1.165, 1.54) is 30.2 Å². The number of hydrogen-bond acceptors (Lipinski definition) is 3. The summed E-state index contributed by atoms with van der Waals surface area (Å²) < 4.78 is 18.7. The van der Waals surface area contributed by atoms with E-state index in [1.54, 1.807) is 12.1 Å². The third-order valence-corrected chi connectivity index (χ3v) is 4.06. The van der Waals surface area contributed by atoms with Gasteiger partial charge in [0.15, 0.2) is 6.61 Å². The van der Waals surface area contributed by atoms with Crippen LogP contribution in [-0.4, -0.2) is 30.4 Å². The molecule has 0 atom stereocenters. The minimum absolute atomic E-state index is 0.0128. The van der Waals surface area contributed by atoms with E-state index < -0.39 is 24.3 Å². The smallest absolute Gasteiger partial charge is 0.331 e. The summed E-state index contributed by atoms with van der Waals surface area (Å²) in [7, 11) is 1.49. The fourth-order valence-corrected chi connectivity index (χ4v) is 2.36. The molecule has 0 aliphatic carbocycles. The van der Waals surface area contributed by atoms with Crippen molar-refractivity contribution in [2.45, 2.75) is 13.5 Å². The zero-order valence-electron chi connectivity index (χ0n) is 14.5. The highest BCUT2D eigenvalue weighted by atomic mass is 35.5. The van der Waals surface area contributed by atoms with Crippen LogP contribution in [0.4, 0.5) is 4.39 Å². The van der Waals surface area contributed by atoms with Gasteiger partial charge >= 0.3 is 5.97 Å². The molecule has 0 fully saturated rings. The largest absolute Gasteiger partial charge is 0.452 e. The van der Waals surface area contributed by atoms with Gasteiger partial charge in [-0.3, -0.25) is 4.79 Å². The molecular formula is C20H19ClFNO3. The average Bonchev–Trinajstić information content (AvgIpc) is 2.62. The highest BCUT2D eigenvalue weighted by Gasteiger charge is 2.15. The van der Waals surface area contributed by atoms with Gasteiger partial charge in [-0.25, -0.2) is 9.18 Å². The molecule has 0 aliphatic rings. The number of amides is 1. The Kier molecular flexibility index (Phi) is 6.92. The molecule has 0 saturated carbocycles. The molecule has 2 rings (SSSR count). The van der Waals surface area contributed by atoms with Gasteiger partial charge in [0.25, 0.3) is 5.91 Å². The number of likely N-dealkylation sites (N-methyl/N-ethyl adjacent to an activating group) is 1. The van der Waals surface area contributed by atoms with Crippen LogP contribution in [-0.2, 0) is 20.9 Å². The van der Waals surface area contributed by atoms with E-state index >= 15 is 0 Å². The molecule has 136 valence electrons. The van der Waals surface area contributed by atoms with Crippen molar-refractivity contribution in [2.75, 3.05) is 13.7 Å². The van der Waals surface area contributed by atoms with Crippen molar-refractivity contribution in [3.8, 4) is 0 Å². The Labute approximate surface area is 156 Å². The Bertz CT molecular complexity index is 798. The van der Waals surface area contributed by atoms with Gasteiger partial charge in [0.2, 0.25) is 0 Å². The van der Waals surface area contributed by atoms with Crippen LogP contribution in [0.3, 0.4) is 0 Å². The highest BCUT2D eigenvalue weighted by molar-refractivity contribution is 6.31. The molecule has 0 bridgehead atoms. The molecule has 4 nitrogen and oxygen atoms in total. The average molecular weight is 376 g/mol. The quantitative estimate of drug-likeness (QED) is 0.566. The topological polar surface area (TPSA) is 46.6 Å². The number of carbonyl (C=O) groups excluding carboxylic acids is 2. The molecule has 1 amide bonds. The lowest BCUT2D eigenvalue weighted by Gasteiger charge is -2.18. The maximum atomic E-state index is 13.8. The van der Waals surface area contributed by atoms with Gasteiger partial charge in [-0.2, -0.15) is 0 Å². The Morgan fingerprint density at radius 1 is 1.19 bits per heavy atom. The first-order valence-electron chi connectivity index (χ1n) is 7.95. The molecule has 0 spiro atoms. The van der Waals surface area contributed by atoms with Crippen LogP contribution in [0, 0.1) is 12.7 Å². The van der Waals surface area contributed by atoms with Gasteiger partial charge in [0, 0.05) is 30.3 Å². The standard InChI is InChI=1S/C20H19ClFNO3/c1-14-6-8-15(9-7-14)10-11-20(25)26-13-19(24)23(2)12-16-17(21)4-3-5-18(16)22/h3-11H,12-13H2,1-2H3/b11-10+. The Balaban J connectivity index is 1.85.